The highest BCUT2D eigenvalue weighted by molar-refractivity contribution is 9.10. The summed E-state index contributed by atoms with van der Waals surface area (Å²) in [5.41, 5.74) is 1.77. The molecule has 3 atom stereocenters. The molecular weight excluding hydrogens is 376 g/mol. The zero-order valence-corrected chi connectivity index (χ0v) is 14.8. The summed E-state index contributed by atoms with van der Waals surface area (Å²) < 4.78 is 6.28. The first kappa shape index (κ1) is 17.0. The predicted octanol–water partition coefficient (Wildman–Crippen LogP) is 2.47. The zero-order valence-electron chi connectivity index (χ0n) is 13.2. The SMILES string of the molecule is CCOC1CC1C(=O)NC(Cc1c[nH]c2cccc(Br)c12)C(=O)O. The second kappa shape index (κ2) is 6.94. The van der Waals surface area contributed by atoms with E-state index in [4.69, 9.17) is 4.74 Å². The third kappa shape index (κ3) is 3.47. The minimum absolute atomic E-state index is 0.0771. The maximum atomic E-state index is 12.2. The van der Waals surface area contributed by atoms with Crippen LogP contribution in [0.1, 0.15) is 18.9 Å². The van der Waals surface area contributed by atoms with E-state index in [0.717, 1.165) is 20.9 Å². The Labute approximate surface area is 147 Å². The monoisotopic (exact) mass is 394 g/mol. The number of hydrogen-bond acceptors (Lipinski definition) is 3. The molecular formula is C17H19BrN2O4. The normalized spacial score (nSPS) is 20.8. The quantitative estimate of drug-likeness (QED) is 0.672. The smallest absolute Gasteiger partial charge is 0.326 e. The van der Waals surface area contributed by atoms with Crippen molar-refractivity contribution in [2.45, 2.75) is 31.9 Å². The van der Waals surface area contributed by atoms with Gasteiger partial charge in [-0.25, -0.2) is 4.79 Å². The molecule has 3 N–H and O–H groups in total. The Balaban J connectivity index is 1.72. The molecule has 6 nitrogen and oxygen atoms in total. The summed E-state index contributed by atoms with van der Waals surface area (Å²) in [5, 5.41) is 13.0. The Kier molecular flexibility index (Phi) is 4.91. The van der Waals surface area contributed by atoms with Crippen molar-refractivity contribution in [1.29, 1.82) is 0 Å². The Morgan fingerprint density at radius 1 is 1.50 bits per heavy atom. The van der Waals surface area contributed by atoms with Gasteiger partial charge in [-0.1, -0.05) is 22.0 Å². The largest absolute Gasteiger partial charge is 0.480 e. The maximum Gasteiger partial charge on any atom is 0.326 e. The molecule has 1 amide bonds. The van der Waals surface area contributed by atoms with Crippen LogP contribution in [0.15, 0.2) is 28.9 Å². The number of halogens is 1. The first-order valence-corrected chi connectivity index (χ1v) is 8.69. The number of carboxylic acids is 1. The predicted molar refractivity (Wildman–Crippen MR) is 92.8 cm³/mol. The van der Waals surface area contributed by atoms with E-state index < -0.39 is 12.0 Å². The third-order valence-corrected chi connectivity index (χ3v) is 4.89. The van der Waals surface area contributed by atoms with Gasteiger partial charge < -0.3 is 20.1 Å². The van der Waals surface area contributed by atoms with Crippen LogP contribution in [0.5, 0.6) is 0 Å². The van der Waals surface area contributed by atoms with Crippen molar-refractivity contribution in [2.75, 3.05) is 6.61 Å². The van der Waals surface area contributed by atoms with Gasteiger partial charge in [0, 0.05) is 34.6 Å². The van der Waals surface area contributed by atoms with Crippen molar-refractivity contribution in [2.24, 2.45) is 5.92 Å². The fourth-order valence-corrected chi connectivity index (χ4v) is 3.53. The van der Waals surface area contributed by atoms with E-state index >= 15 is 0 Å². The number of carbonyl (C=O) groups is 2. The molecule has 7 heteroatoms. The lowest BCUT2D eigenvalue weighted by atomic mass is 10.0. The number of carboxylic acid groups (broad SMARTS) is 1. The highest BCUT2D eigenvalue weighted by Gasteiger charge is 2.44. The number of hydrogen-bond donors (Lipinski definition) is 3. The van der Waals surface area contributed by atoms with Crippen LogP contribution in [0.4, 0.5) is 0 Å². The molecule has 0 saturated heterocycles. The summed E-state index contributed by atoms with van der Waals surface area (Å²) in [4.78, 5) is 26.9. The van der Waals surface area contributed by atoms with Crippen LogP contribution in [0, 0.1) is 5.92 Å². The number of amides is 1. The number of nitrogens with one attached hydrogen (secondary N) is 2. The Bertz CT molecular complexity index is 773. The number of aliphatic carboxylic acids is 1. The van der Waals surface area contributed by atoms with E-state index in [1.54, 1.807) is 6.20 Å². The van der Waals surface area contributed by atoms with Gasteiger partial charge in [0.05, 0.1) is 12.0 Å². The van der Waals surface area contributed by atoms with Gasteiger partial charge in [-0.05, 0) is 31.0 Å². The lowest BCUT2D eigenvalue weighted by Crippen LogP contribution is -2.43. The number of aromatic nitrogens is 1. The van der Waals surface area contributed by atoms with E-state index in [2.05, 4.69) is 26.2 Å². The fraction of sp³-hybridized carbons (Fsp3) is 0.412. The van der Waals surface area contributed by atoms with Crippen molar-refractivity contribution >= 4 is 38.7 Å². The van der Waals surface area contributed by atoms with Gasteiger partial charge in [-0.2, -0.15) is 0 Å². The third-order valence-electron chi connectivity index (χ3n) is 4.22. The molecule has 0 spiro atoms. The van der Waals surface area contributed by atoms with E-state index in [-0.39, 0.29) is 24.3 Å². The summed E-state index contributed by atoms with van der Waals surface area (Å²) in [6, 6.07) is 4.77. The summed E-state index contributed by atoms with van der Waals surface area (Å²) in [6.07, 6.45) is 2.59. The van der Waals surface area contributed by atoms with Crippen molar-refractivity contribution in [3.8, 4) is 0 Å². The number of ether oxygens (including phenoxy) is 1. The van der Waals surface area contributed by atoms with E-state index in [1.807, 2.05) is 25.1 Å². The van der Waals surface area contributed by atoms with Gasteiger partial charge in [0.15, 0.2) is 0 Å². The van der Waals surface area contributed by atoms with Gasteiger partial charge in [0.1, 0.15) is 6.04 Å². The van der Waals surface area contributed by atoms with Gasteiger partial charge in [-0.3, -0.25) is 4.79 Å². The molecule has 128 valence electrons. The standard InChI is InChI=1S/C17H19BrN2O4/c1-2-24-14-7-10(14)16(21)20-13(17(22)23)6-9-8-19-12-5-3-4-11(18)15(9)12/h3-5,8,10,13-14,19H,2,6-7H2,1H3,(H,20,21)(H,22,23). The van der Waals surface area contributed by atoms with Crippen LogP contribution < -0.4 is 5.32 Å². The second-order valence-corrected chi connectivity index (χ2v) is 6.77. The lowest BCUT2D eigenvalue weighted by Gasteiger charge is -2.14. The van der Waals surface area contributed by atoms with Gasteiger partial charge >= 0.3 is 5.97 Å². The molecule has 1 aromatic heterocycles. The molecule has 2 aromatic rings. The van der Waals surface area contributed by atoms with Crippen molar-refractivity contribution < 1.29 is 19.4 Å². The molecule has 1 saturated carbocycles. The molecule has 0 bridgehead atoms. The number of aromatic amines is 1. The highest BCUT2D eigenvalue weighted by Crippen LogP contribution is 2.34. The Hall–Kier alpha value is -1.86. The summed E-state index contributed by atoms with van der Waals surface area (Å²) in [5.74, 6) is -1.53. The summed E-state index contributed by atoms with van der Waals surface area (Å²) in [7, 11) is 0. The first-order valence-electron chi connectivity index (χ1n) is 7.90. The molecule has 0 radical (unpaired) electrons. The number of carbonyl (C=O) groups excluding carboxylic acids is 1. The second-order valence-electron chi connectivity index (χ2n) is 5.92. The number of benzene rings is 1. The number of fused-ring (bicyclic) bond motifs is 1. The van der Waals surface area contributed by atoms with Crippen LogP contribution in [0.25, 0.3) is 10.9 Å². The maximum absolute atomic E-state index is 12.2. The van der Waals surface area contributed by atoms with Crippen molar-refractivity contribution in [3.05, 3.63) is 34.4 Å². The van der Waals surface area contributed by atoms with Crippen molar-refractivity contribution in [3.63, 3.8) is 0 Å². The van der Waals surface area contributed by atoms with Crippen LogP contribution in [0.2, 0.25) is 0 Å². The van der Waals surface area contributed by atoms with Crippen molar-refractivity contribution in [1.82, 2.24) is 10.3 Å². The molecule has 1 aliphatic carbocycles. The molecule has 3 rings (SSSR count). The molecule has 1 heterocycles. The highest BCUT2D eigenvalue weighted by atomic mass is 79.9. The zero-order chi connectivity index (χ0) is 17.3. The van der Waals surface area contributed by atoms with Gasteiger partial charge in [0.2, 0.25) is 5.91 Å². The number of H-pyrrole nitrogens is 1. The van der Waals surface area contributed by atoms with Crippen LogP contribution in [-0.4, -0.2) is 40.7 Å². The van der Waals surface area contributed by atoms with Crippen LogP contribution in [-0.2, 0) is 20.7 Å². The molecule has 1 fully saturated rings. The molecule has 3 unspecified atom stereocenters. The summed E-state index contributed by atoms with van der Waals surface area (Å²) >= 11 is 3.49. The average Bonchev–Trinajstić information content (AvgIpc) is 3.18. The molecule has 1 aliphatic rings. The molecule has 1 aromatic carbocycles. The van der Waals surface area contributed by atoms with E-state index in [0.29, 0.717) is 13.0 Å². The fourth-order valence-electron chi connectivity index (χ4n) is 2.91. The van der Waals surface area contributed by atoms with Gasteiger partial charge in [0.25, 0.3) is 0 Å². The van der Waals surface area contributed by atoms with Crippen LogP contribution in [0.3, 0.4) is 0 Å². The van der Waals surface area contributed by atoms with E-state index in [1.165, 1.54) is 0 Å². The number of rotatable bonds is 7. The topological polar surface area (TPSA) is 91.4 Å². The first-order chi connectivity index (χ1) is 11.5. The van der Waals surface area contributed by atoms with Gasteiger partial charge in [-0.15, -0.1) is 0 Å². The Morgan fingerprint density at radius 3 is 3.00 bits per heavy atom. The van der Waals surface area contributed by atoms with E-state index in [9.17, 15) is 14.7 Å². The minimum Gasteiger partial charge on any atom is -0.480 e. The average molecular weight is 395 g/mol. The lowest BCUT2D eigenvalue weighted by molar-refractivity contribution is -0.142. The molecule has 24 heavy (non-hydrogen) atoms. The van der Waals surface area contributed by atoms with Crippen LogP contribution >= 0.6 is 15.9 Å². The minimum atomic E-state index is -1.04. The molecule has 0 aliphatic heterocycles. The summed E-state index contributed by atoms with van der Waals surface area (Å²) in [6.45, 7) is 2.43. The Morgan fingerprint density at radius 2 is 2.29 bits per heavy atom.